The molecule has 256 valence electrons. The quantitative estimate of drug-likeness (QED) is 0.181. The number of fused-ring (bicyclic) bond motifs is 14. The minimum atomic E-state index is -0.556. The summed E-state index contributed by atoms with van der Waals surface area (Å²) in [4.78, 5) is 17.1. The van der Waals surface area contributed by atoms with Crippen molar-refractivity contribution in [1.29, 1.82) is 0 Å². The van der Waals surface area contributed by atoms with Gasteiger partial charge >= 0.3 is 0 Å². The van der Waals surface area contributed by atoms with Crippen LogP contribution in [-0.4, -0.2) is 16.5 Å². The molecule has 2 unspecified atom stereocenters. The highest BCUT2D eigenvalue weighted by Gasteiger charge is 2.55. The van der Waals surface area contributed by atoms with E-state index >= 15 is 0 Å². The lowest BCUT2D eigenvalue weighted by molar-refractivity contribution is 0.0790. The fourth-order valence-electron chi connectivity index (χ4n) is 10.3. The van der Waals surface area contributed by atoms with Crippen LogP contribution in [-0.2, 0) is 5.41 Å². The predicted molar refractivity (Wildman–Crippen MR) is 216 cm³/mol. The van der Waals surface area contributed by atoms with Crippen molar-refractivity contribution in [2.75, 3.05) is 4.90 Å². The van der Waals surface area contributed by atoms with E-state index in [4.69, 9.17) is 4.74 Å². The molecule has 4 heteroatoms. The molecule has 0 fully saturated rings. The Kier molecular flexibility index (Phi) is 6.05. The van der Waals surface area contributed by atoms with Gasteiger partial charge in [-0.3, -0.25) is 4.79 Å². The lowest BCUT2D eigenvalue weighted by Gasteiger charge is -2.50. The molecule has 1 spiro atoms. The fraction of sp³-hybridized carbons (Fsp3) is 0.100. The second-order valence-electron chi connectivity index (χ2n) is 14.9. The smallest absolute Gasteiger partial charge is 0.179 e. The maximum atomic E-state index is 14.7. The molecule has 0 radical (unpaired) electrons. The van der Waals surface area contributed by atoms with E-state index in [2.05, 4.69) is 149 Å². The average molecular weight is 695 g/mol. The molecule has 4 nitrogen and oxygen atoms in total. The number of para-hydroxylation sites is 3. The van der Waals surface area contributed by atoms with Crippen LogP contribution >= 0.6 is 0 Å². The second kappa shape index (κ2) is 10.9. The molecule has 0 bridgehead atoms. The molecule has 6 aromatic carbocycles. The van der Waals surface area contributed by atoms with E-state index in [1.807, 2.05) is 30.3 Å². The summed E-state index contributed by atoms with van der Waals surface area (Å²) in [5.74, 6) is 0.241. The normalized spacial score (nSPS) is 19.9. The predicted octanol–water partition coefficient (Wildman–Crippen LogP) is 11.2. The van der Waals surface area contributed by atoms with Gasteiger partial charge in [-0.2, -0.15) is 0 Å². The molecule has 2 aliphatic heterocycles. The molecule has 54 heavy (non-hydrogen) atoms. The maximum Gasteiger partial charge on any atom is 0.179 e. The zero-order valence-corrected chi connectivity index (χ0v) is 29.4. The van der Waals surface area contributed by atoms with Crippen LogP contribution < -0.4 is 9.64 Å². The van der Waals surface area contributed by atoms with Gasteiger partial charge in [-0.25, -0.2) is 0 Å². The first-order valence-electron chi connectivity index (χ1n) is 19.0. The average Bonchev–Trinajstić information content (AvgIpc) is 3.71. The van der Waals surface area contributed by atoms with Crippen LogP contribution in [0.25, 0.3) is 38.6 Å². The van der Waals surface area contributed by atoms with Gasteiger partial charge in [-0.15, -0.1) is 0 Å². The standard InChI is InChI=1S/C50H34N2O2/c53-49-35-20-7-13-27-46(35)54-47-28-14-26-43(48(47)49)52-42-25-12-10-23-39(42)50(37-21-8-4-17-32(37)33-18-5-9-22-38(33)50)40-29-36-34-19-6-11-24-41(34)51(44(36)30-45(40)52)31-15-2-1-3-16-31/h1-9,11,13-30,47-48H,10,12H2. The lowest BCUT2D eigenvalue weighted by atomic mass is 9.62. The molecule has 7 aromatic rings. The summed E-state index contributed by atoms with van der Waals surface area (Å²) in [5.41, 5.74) is 14.3. The van der Waals surface area contributed by atoms with Crippen LogP contribution in [0.4, 0.5) is 5.69 Å². The number of hydrogen-bond acceptors (Lipinski definition) is 3. The number of allylic oxidation sites excluding steroid dienone is 5. The van der Waals surface area contributed by atoms with Gasteiger partial charge in [0, 0.05) is 27.9 Å². The molecule has 0 saturated heterocycles. The number of carbonyl (C=O) groups is 1. The van der Waals surface area contributed by atoms with E-state index in [-0.39, 0.29) is 5.78 Å². The van der Waals surface area contributed by atoms with Gasteiger partial charge < -0.3 is 14.2 Å². The van der Waals surface area contributed by atoms with Crippen LogP contribution in [0.15, 0.2) is 187 Å². The van der Waals surface area contributed by atoms with Crippen molar-refractivity contribution in [3.8, 4) is 22.6 Å². The Bertz CT molecular complexity index is 2860. The van der Waals surface area contributed by atoms with E-state index in [0.717, 1.165) is 46.6 Å². The first kappa shape index (κ1) is 29.9. The zero-order chi connectivity index (χ0) is 35.5. The monoisotopic (exact) mass is 694 g/mol. The highest BCUT2D eigenvalue weighted by molar-refractivity contribution is 6.12. The number of Topliss-reactive ketones (excluding diaryl/α,β-unsaturated/α-hetero) is 1. The van der Waals surface area contributed by atoms with Crippen molar-refractivity contribution < 1.29 is 9.53 Å². The van der Waals surface area contributed by atoms with Crippen molar-refractivity contribution in [3.05, 3.63) is 209 Å². The maximum absolute atomic E-state index is 14.7. The summed E-state index contributed by atoms with van der Waals surface area (Å²) in [5, 5.41) is 2.42. The van der Waals surface area contributed by atoms with Crippen LogP contribution in [0.5, 0.6) is 5.75 Å². The van der Waals surface area contributed by atoms with Crippen LogP contribution in [0.3, 0.4) is 0 Å². The first-order valence-corrected chi connectivity index (χ1v) is 19.0. The lowest BCUT2D eigenvalue weighted by Crippen LogP contribution is -2.48. The van der Waals surface area contributed by atoms with Crippen molar-refractivity contribution in [3.63, 3.8) is 0 Å². The Balaban J connectivity index is 1.23. The van der Waals surface area contributed by atoms with Crippen LogP contribution in [0.2, 0.25) is 0 Å². The number of hydrogen-bond donors (Lipinski definition) is 0. The molecule has 1 aromatic heterocycles. The second-order valence-corrected chi connectivity index (χ2v) is 14.9. The molecule has 0 saturated carbocycles. The summed E-state index contributed by atoms with van der Waals surface area (Å²) >= 11 is 0. The molecule has 5 aliphatic rings. The number of rotatable bonds is 2. The molecule has 0 amide bonds. The van der Waals surface area contributed by atoms with Gasteiger partial charge in [0.15, 0.2) is 5.78 Å². The number of aromatic nitrogens is 1. The van der Waals surface area contributed by atoms with Gasteiger partial charge in [-0.05, 0) is 101 Å². The zero-order valence-electron chi connectivity index (χ0n) is 29.4. The van der Waals surface area contributed by atoms with Gasteiger partial charge in [0.05, 0.1) is 27.7 Å². The summed E-state index contributed by atoms with van der Waals surface area (Å²) in [6.45, 7) is 0. The summed E-state index contributed by atoms with van der Waals surface area (Å²) < 4.78 is 9.01. The Labute approximate surface area is 313 Å². The Morgan fingerprint density at radius 3 is 2.13 bits per heavy atom. The van der Waals surface area contributed by atoms with E-state index in [0.29, 0.717) is 11.3 Å². The van der Waals surface area contributed by atoms with Gasteiger partial charge in [0.2, 0.25) is 0 Å². The minimum absolute atomic E-state index is 0.0947. The minimum Gasteiger partial charge on any atom is -0.484 e. The molecule has 2 atom stereocenters. The van der Waals surface area contributed by atoms with Gasteiger partial charge in [0.1, 0.15) is 17.8 Å². The van der Waals surface area contributed by atoms with E-state index < -0.39 is 17.4 Å². The van der Waals surface area contributed by atoms with Crippen LogP contribution in [0, 0.1) is 5.92 Å². The van der Waals surface area contributed by atoms with Crippen molar-refractivity contribution in [1.82, 2.24) is 4.57 Å². The van der Waals surface area contributed by atoms with E-state index in [1.54, 1.807) is 0 Å². The van der Waals surface area contributed by atoms with Crippen molar-refractivity contribution >= 4 is 33.3 Å². The Morgan fingerprint density at radius 1 is 0.630 bits per heavy atom. The number of anilines is 1. The summed E-state index contributed by atoms with van der Waals surface area (Å²) in [7, 11) is 0. The Hall–Kier alpha value is -6.65. The number of ketones is 1. The highest BCUT2D eigenvalue weighted by atomic mass is 16.5. The number of nitrogens with zero attached hydrogens (tertiary/aromatic N) is 2. The van der Waals surface area contributed by atoms with Crippen molar-refractivity contribution in [2.24, 2.45) is 5.92 Å². The third-order valence-corrected chi connectivity index (χ3v) is 12.3. The molecular weight excluding hydrogens is 661 g/mol. The Morgan fingerprint density at radius 2 is 1.31 bits per heavy atom. The number of ether oxygens (including phenoxy) is 1. The van der Waals surface area contributed by atoms with Gasteiger partial charge in [0.25, 0.3) is 0 Å². The topological polar surface area (TPSA) is 34.5 Å². The largest absolute Gasteiger partial charge is 0.484 e. The summed E-state index contributed by atoms with van der Waals surface area (Å²) in [6, 6.07) is 50.0. The summed E-state index contributed by atoms with van der Waals surface area (Å²) in [6.07, 6.45) is 12.6. The molecule has 3 heterocycles. The first-order chi connectivity index (χ1) is 26.7. The highest BCUT2D eigenvalue weighted by Crippen LogP contribution is 2.64. The number of benzene rings is 6. The molecular formula is C50H34N2O2. The molecule has 0 N–H and O–H groups in total. The van der Waals surface area contributed by atoms with Gasteiger partial charge in [-0.1, -0.05) is 115 Å². The fourth-order valence-corrected chi connectivity index (χ4v) is 10.3. The SMILES string of the molecule is O=C1c2ccccc2OC2C=CC=C(N3C4=CCCC=C4C4(c5ccccc5-c5ccccc54)c4cc5c6ccccc6n(-c6ccccc6)c5cc43)C12. The third kappa shape index (κ3) is 3.74. The number of carbonyl (C=O) groups excluding carboxylic acids is 1. The third-order valence-electron chi connectivity index (χ3n) is 12.3. The molecule has 12 rings (SSSR count). The van der Waals surface area contributed by atoms with Crippen LogP contribution in [0.1, 0.15) is 39.9 Å². The van der Waals surface area contributed by atoms with E-state index in [9.17, 15) is 4.79 Å². The van der Waals surface area contributed by atoms with Crippen molar-refractivity contribution in [2.45, 2.75) is 24.4 Å². The molecule has 3 aliphatic carbocycles. The van der Waals surface area contributed by atoms with E-state index in [1.165, 1.54) is 44.2 Å².